The monoisotopic (exact) mass is 527 g/mol. The summed E-state index contributed by atoms with van der Waals surface area (Å²) >= 11 is 8.25. The Labute approximate surface area is 221 Å². The molecular formula is C28H46ClNO4S. The van der Waals surface area contributed by atoms with Gasteiger partial charge in [0.15, 0.2) is 5.78 Å². The van der Waals surface area contributed by atoms with Crippen LogP contribution in [0.2, 0.25) is 0 Å². The molecule has 0 saturated heterocycles. The van der Waals surface area contributed by atoms with E-state index >= 15 is 0 Å². The van der Waals surface area contributed by atoms with Crippen molar-refractivity contribution in [3.8, 4) is 0 Å². The maximum absolute atomic E-state index is 13.6. The van der Waals surface area contributed by atoms with Crippen molar-refractivity contribution in [1.29, 1.82) is 0 Å². The number of halogens is 1. The standard InChI is InChI=1S/C28H46ClNO4S/c1-8-26(6)16-21(34-22(31)17-35-14-13-30(9-2)10-3)27(7)18(4)11-12-28(19(5)25(26)33)15-20(29)23(32)24(27)28/h8,18-21,24-25,33H,1,9-17H2,2-7H3/t18-,19+,20-,21-,24-,25+,26-,27+,28+/m1/s1. The molecule has 3 aliphatic carbocycles. The van der Waals surface area contributed by atoms with Crippen molar-refractivity contribution >= 4 is 35.1 Å². The van der Waals surface area contributed by atoms with E-state index < -0.39 is 33.8 Å². The minimum absolute atomic E-state index is 0.0663. The number of ketones is 1. The molecular weight excluding hydrogens is 482 g/mol. The predicted octanol–water partition coefficient (Wildman–Crippen LogP) is 5.19. The van der Waals surface area contributed by atoms with Gasteiger partial charge in [0.25, 0.3) is 0 Å². The molecule has 0 radical (unpaired) electrons. The average molecular weight is 528 g/mol. The van der Waals surface area contributed by atoms with E-state index in [1.54, 1.807) is 11.8 Å². The minimum atomic E-state index is -0.695. The van der Waals surface area contributed by atoms with E-state index in [0.29, 0.717) is 12.8 Å². The van der Waals surface area contributed by atoms with Gasteiger partial charge in [-0.2, -0.15) is 0 Å². The first-order chi connectivity index (χ1) is 16.4. The van der Waals surface area contributed by atoms with Gasteiger partial charge in [-0.05, 0) is 56.0 Å². The lowest BCUT2D eigenvalue weighted by Crippen LogP contribution is -2.63. The second-order valence-electron chi connectivity index (χ2n) is 11.8. The topological polar surface area (TPSA) is 66.8 Å². The Hall–Kier alpha value is -0.560. The largest absolute Gasteiger partial charge is 0.461 e. The SMILES string of the molecule is C=C[C@]1(C)C[C@@H](OC(=O)CSCCN(CC)CC)[C@]2(C)[C@H](C)CC[C@]3(C[C@@H](Cl)C(=O)[C@@H]32)[C@@H](C)[C@@H]1O. The van der Waals surface area contributed by atoms with Crippen LogP contribution in [0.15, 0.2) is 12.7 Å². The van der Waals surface area contributed by atoms with Crippen molar-refractivity contribution in [1.82, 2.24) is 4.90 Å². The van der Waals surface area contributed by atoms with E-state index in [9.17, 15) is 14.7 Å². The second-order valence-corrected chi connectivity index (χ2v) is 13.4. The molecule has 0 aromatic carbocycles. The molecule has 0 aromatic rings. The number of alkyl halides is 1. The number of ether oxygens (including phenoxy) is 1. The van der Waals surface area contributed by atoms with Crippen LogP contribution in [0.1, 0.15) is 67.2 Å². The van der Waals surface area contributed by atoms with Crippen LogP contribution >= 0.6 is 23.4 Å². The Bertz CT molecular complexity index is 806. The van der Waals surface area contributed by atoms with Gasteiger partial charge in [-0.25, -0.2) is 0 Å². The lowest BCUT2D eigenvalue weighted by atomic mass is 9.44. The van der Waals surface area contributed by atoms with Crippen LogP contribution in [-0.4, -0.2) is 70.5 Å². The van der Waals surface area contributed by atoms with Crippen LogP contribution in [0.4, 0.5) is 0 Å². The Balaban J connectivity index is 1.92. The number of aliphatic hydroxyl groups is 1. The number of carbonyl (C=O) groups excluding carboxylic acids is 2. The summed E-state index contributed by atoms with van der Waals surface area (Å²) in [4.78, 5) is 29.1. The molecule has 1 N–H and O–H groups in total. The van der Waals surface area contributed by atoms with Gasteiger partial charge in [0.1, 0.15) is 6.10 Å². The summed E-state index contributed by atoms with van der Waals surface area (Å²) in [5.41, 5.74) is -1.57. The normalized spacial score (nSPS) is 43.4. The fraction of sp³-hybridized carbons (Fsp3) is 0.857. The molecule has 3 fully saturated rings. The minimum Gasteiger partial charge on any atom is -0.461 e. The number of hydrogen-bond donors (Lipinski definition) is 1. The summed E-state index contributed by atoms with van der Waals surface area (Å²) in [6, 6.07) is 0. The lowest BCUT2D eigenvalue weighted by Gasteiger charge is -2.61. The van der Waals surface area contributed by atoms with Crippen LogP contribution in [0, 0.1) is 34.0 Å². The Kier molecular flexibility index (Phi) is 9.15. The highest BCUT2D eigenvalue weighted by Crippen LogP contribution is 2.68. The van der Waals surface area contributed by atoms with E-state index in [1.807, 2.05) is 13.0 Å². The molecule has 200 valence electrons. The van der Waals surface area contributed by atoms with E-state index in [-0.39, 0.29) is 35.3 Å². The third kappa shape index (κ3) is 4.98. The molecule has 0 amide bonds. The van der Waals surface area contributed by atoms with E-state index in [4.69, 9.17) is 16.3 Å². The van der Waals surface area contributed by atoms with E-state index in [0.717, 1.165) is 38.2 Å². The molecule has 2 bridgehead atoms. The zero-order chi connectivity index (χ0) is 26.2. The van der Waals surface area contributed by atoms with E-state index in [2.05, 4.69) is 46.1 Å². The first-order valence-electron chi connectivity index (χ1n) is 13.4. The van der Waals surface area contributed by atoms with Crippen molar-refractivity contribution in [2.24, 2.45) is 34.0 Å². The molecule has 3 saturated carbocycles. The first-order valence-corrected chi connectivity index (χ1v) is 15.0. The van der Waals surface area contributed by atoms with Gasteiger partial charge in [-0.1, -0.05) is 47.6 Å². The molecule has 3 aliphatic rings. The Morgan fingerprint density at radius 3 is 2.54 bits per heavy atom. The molecule has 0 spiro atoms. The fourth-order valence-electron chi connectivity index (χ4n) is 7.53. The Morgan fingerprint density at radius 2 is 1.94 bits per heavy atom. The molecule has 0 unspecified atom stereocenters. The number of carbonyl (C=O) groups is 2. The van der Waals surface area contributed by atoms with Gasteiger partial charge in [-0.3, -0.25) is 9.59 Å². The molecule has 0 aliphatic heterocycles. The highest BCUT2D eigenvalue weighted by atomic mass is 35.5. The molecule has 0 heterocycles. The second kappa shape index (κ2) is 11.0. The van der Waals surface area contributed by atoms with Gasteiger partial charge >= 0.3 is 5.97 Å². The van der Waals surface area contributed by atoms with Gasteiger partial charge in [0, 0.05) is 29.0 Å². The highest BCUT2D eigenvalue weighted by Gasteiger charge is 2.70. The number of aliphatic hydroxyl groups excluding tert-OH is 1. The lowest BCUT2D eigenvalue weighted by molar-refractivity contribution is -0.205. The van der Waals surface area contributed by atoms with Crippen LogP contribution in [0.3, 0.4) is 0 Å². The van der Waals surface area contributed by atoms with Crippen molar-refractivity contribution in [3.05, 3.63) is 12.7 Å². The summed E-state index contributed by atoms with van der Waals surface area (Å²) in [6.07, 6.45) is 3.45. The molecule has 35 heavy (non-hydrogen) atoms. The quantitative estimate of drug-likeness (QED) is 0.193. The number of esters is 1. The van der Waals surface area contributed by atoms with Crippen molar-refractivity contribution in [2.45, 2.75) is 84.8 Å². The summed E-state index contributed by atoms with van der Waals surface area (Å²) in [5.74, 6) is 0.733. The number of rotatable bonds is 9. The zero-order valence-electron chi connectivity index (χ0n) is 22.5. The average Bonchev–Trinajstić information content (AvgIpc) is 3.11. The van der Waals surface area contributed by atoms with E-state index in [1.165, 1.54) is 0 Å². The molecule has 7 heteroatoms. The molecule has 0 aromatic heterocycles. The number of Topliss-reactive ketones (excluding diaryl/α,β-unsaturated/α-hetero) is 1. The van der Waals surface area contributed by atoms with Gasteiger partial charge in [-0.15, -0.1) is 29.9 Å². The van der Waals surface area contributed by atoms with Gasteiger partial charge < -0.3 is 14.7 Å². The smallest absolute Gasteiger partial charge is 0.316 e. The summed E-state index contributed by atoms with van der Waals surface area (Å²) < 4.78 is 6.29. The highest BCUT2D eigenvalue weighted by molar-refractivity contribution is 7.99. The van der Waals surface area contributed by atoms with Gasteiger partial charge in [0.05, 0.1) is 17.2 Å². The summed E-state index contributed by atoms with van der Waals surface area (Å²) in [6.45, 7) is 19.7. The van der Waals surface area contributed by atoms with Crippen molar-refractivity contribution < 1.29 is 19.4 Å². The summed E-state index contributed by atoms with van der Waals surface area (Å²) in [7, 11) is 0. The first kappa shape index (κ1) is 29.0. The predicted molar refractivity (Wildman–Crippen MR) is 145 cm³/mol. The van der Waals surface area contributed by atoms with Crippen LogP contribution in [-0.2, 0) is 14.3 Å². The van der Waals surface area contributed by atoms with Crippen molar-refractivity contribution in [2.75, 3.05) is 31.1 Å². The number of nitrogens with zero attached hydrogens (tertiary/aromatic N) is 1. The van der Waals surface area contributed by atoms with Gasteiger partial charge in [0.2, 0.25) is 0 Å². The zero-order valence-corrected chi connectivity index (χ0v) is 24.1. The van der Waals surface area contributed by atoms with Crippen molar-refractivity contribution in [3.63, 3.8) is 0 Å². The molecule has 3 rings (SSSR count). The third-order valence-corrected chi connectivity index (χ3v) is 11.5. The summed E-state index contributed by atoms with van der Waals surface area (Å²) in [5, 5.41) is 11.1. The third-order valence-electron chi connectivity index (χ3n) is 10.2. The van der Waals surface area contributed by atoms with Crippen LogP contribution in [0.25, 0.3) is 0 Å². The maximum Gasteiger partial charge on any atom is 0.316 e. The maximum atomic E-state index is 13.6. The van der Waals surface area contributed by atoms with Crippen LogP contribution in [0.5, 0.6) is 0 Å². The number of hydrogen-bond acceptors (Lipinski definition) is 6. The molecule has 5 nitrogen and oxygen atoms in total. The number of thioether (sulfide) groups is 1. The fourth-order valence-corrected chi connectivity index (χ4v) is 8.71. The Morgan fingerprint density at radius 1 is 1.29 bits per heavy atom. The molecule has 9 atom stereocenters. The van der Waals surface area contributed by atoms with Crippen LogP contribution < -0.4 is 0 Å².